The number of rotatable bonds is 4. The van der Waals surface area contributed by atoms with E-state index in [9.17, 15) is 4.79 Å². The van der Waals surface area contributed by atoms with Crippen molar-refractivity contribution in [3.8, 4) is 5.69 Å². The highest BCUT2D eigenvalue weighted by atomic mass is 16.2. The van der Waals surface area contributed by atoms with Crippen LogP contribution in [0.5, 0.6) is 0 Å². The number of piperazine rings is 1. The predicted molar refractivity (Wildman–Crippen MR) is 111 cm³/mol. The molecule has 0 N–H and O–H groups in total. The van der Waals surface area contributed by atoms with Crippen LogP contribution >= 0.6 is 0 Å². The highest BCUT2D eigenvalue weighted by Crippen LogP contribution is 2.22. The van der Waals surface area contributed by atoms with Crippen molar-refractivity contribution in [3.05, 3.63) is 83.4 Å². The molecule has 0 spiro atoms. The van der Waals surface area contributed by atoms with E-state index in [1.807, 2.05) is 48.4 Å². The Balaban J connectivity index is 1.45. The van der Waals surface area contributed by atoms with Crippen LogP contribution in [0.2, 0.25) is 0 Å². The fourth-order valence-corrected chi connectivity index (χ4v) is 3.98. The van der Waals surface area contributed by atoms with Gasteiger partial charge in [0.05, 0.1) is 5.56 Å². The second-order valence-corrected chi connectivity index (χ2v) is 7.39. The number of pyridine rings is 1. The van der Waals surface area contributed by atoms with Crippen LogP contribution in [0.15, 0.2) is 60.9 Å². The Morgan fingerprint density at radius 1 is 1.00 bits per heavy atom. The zero-order chi connectivity index (χ0) is 19.5. The van der Waals surface area contributed by atoms with Gasteiger partial charge in [0.25, 0.3) is 5.91 Å². The molecule has 1 fully saturated rings. The molecule has 0 aliphatic carbocycles. The summed E-state index contributed by atoms with van der Waals surface area (Å²) in [4.78, 5) is 21.7. The van der Waals surface area contributed by atoms with Gasteiger partial charge in [-0.15, -0.1) is 0 Å². The van der Waals surface area contributed by atoms with E-state index in [0.717, 1.165) is 55.4 Å². The van der Waals surface area contributed by atoms with E-state index in [-0.39, 0.29) is 5.91 Å². The topological polar surface area (TPSA) is 41.4 Å². The van der Waals surface area contributed by atoms with Crippen molar-refractivity contribution in [1.82, 2.24) is 19.4 Å². The molecule has 0 atom stereocenters. The minimum absolute atomic E-state index is 0.135. The highest BCUT2D eigenvalue weighted by Gasteiger charge is 2.25. The van der Waals surface area contributed by atoms with Crippen LogP contribution < -0.4 is 0 Å². The van der Waals surface area contributed by atoms with Crippen molar-refractivity contribution in [2.75, 3.05) is 26.2 Å². The third-order valence-electron chi connectivity index (χ3n) is 5.46. The molecule has 0 radical (unpaired) electrons. The summed E-state index contributed by atoms with van der Waals surface area (Å²) in [5.74, 6) is 0.135. The van der Waals surface area contributed by atoms with E-state index in [1.54, 1.807) is 6.20 Å². The van der Waals surface area contributed by atoms with Crippen molar-refractivity contribution < 1.29 is 4.79 Å². The van der Waals surface area contributed by atoms with Crippen molar-refractivity contribution in [2.24, 2.45) is 0 Å². The Morgan fingerprint density at radius 3 is 2.43 bits per heavy atom. The number of carbonyl (C=O) groups excluding carboxylic acids is 1. The molecule has 1 aliphatic heterocycles. The number of para-hydroxylation sites is 1. The zero-order valence-corrected chi connectivity index (χ0v) is 16.5. The first kappa shape index (κ1) is 18.4. The molecule has 1 aromatic carbocycles. The van der Waals surface area contributed by atoms with Crippen molar-refractivity contribution in [3.63, 3.8) is 0 Å². The van der Waals surface area contributed by atoms with Gasteiger partial charge in [-0.2, -0.15) is 0 Å². The lowest BCUT2D eigenvalue weighted by atomic mass is 10.2. The first-order chi connectivity index (χ1) is 13.6. The Bertz CT molecular complexity index is 941. The Kier molecular flexibility index (Phi) is 5.26. The Morgan fingerprint density at radius 2 is 1.75 bits per heavy atom. The van der Waals surface area contributed by atoms with Crippen LogP contribution in [0.25, 0.3) is 5.69 Å². The van der Waals surface area contributed by atoms with Crippen LogP contribution in [-0.4, -0.2) is 51.4 Å². The minimum Gasteiger partial charge on any atom is -0.336 e. The molecule has 0 unspecified atom stereocenters. The lowest BCUT2D eigenvalue weighted by Gasteiger charge is -2.34. The molecule has 0 bridgehead atoms. The molecule has 3 heterocycles. The van der Waals surface area contributed by atoms with Crippen LogP contribution in [0.4, 0.5) is 0 Å². The number of benzene rings is 1. The average molecular weight is 374 g/mol. The number of aromatic nitrogens is 2. The van der Waals surface area contributed by atoms with Crippen molar-refractivity contribution >= 4 is 5.91 Å². The third-order valence-corrected chi connectivity index (χ3v) is 5.46. The van der Waals surface area contributed by atoms with Gasteiger partial charge in [0.1, 0.15) is 0 Å². The van der Waals surface area contributed by atoms with Crippen LogP contribution in [0, 0.1) is 13.8 Å². The monoisotopic (exact) mass is 374 g/mol. The molecule has 144 valence electrons. The maximum Gasteiger partial charge on any atom is 0.255 e. The largest absolute Gasteiger partial charge is 0.336 e. The van der Waals surface area contributed by atoms with Gasteiger partial charge >= 0.3 is 0 Å². The van der Waals surface area contributed by atoms with Gasteiger partial charge in [-0.3, -0.25) is 14.7 Å². The standard InChI is InChI=1S/C23H26N4O/c1-18-15-22(19(2)27(18)21-8-4-3-5-9-21)23(28)26-13-11-25(12-14-26)17-20-7-6-10-24-16-20/h3-10,15-16H,11-14,17H2,1-2H3. The normalized spacial score (nSPS) is 15.0. The first-order valence-electron chi connectivity index (χ1n) is 9.78. The molecule has 5 nitrogen and oxygen atoms in total. The van der Waals surface area contributed by atoms with Gasteiger partial charge in [-0.1, -0.05) is 24.3 Å². The summed E-state index contributed by atoms with van der Waals surface area (Å²) in [7, 11) is 0. The summed E-state index contributed by atoms with van der Waals surface area (Å²) in [5, 5.41) is 0. The van der Waals surface area contributed by atoms with Gasteiger partial charge in [0, 0.05) is 62.2 Å². The van der Waals surface area contributed by atoms with Gasteiger partial charge in [0.2, 0.25) is 0 Å². The van der Waals surface area contributed by atoms with E-state index in [1.165, 1.54) is 5.56 Å². The number of hydrogen-bond acceptors (Lipinski definition) is 3. The van der Waals surface area contributed by atoms with Crippen LogP contribution in [0.3, 0.4) is 0 Å². The zero-order valence-electron chi connectivity index (χ0n) is 16.5. The molecule has 3 aromatic rings. The number of nitrogens with zero attached hydrogens (tertiary/aromatic N) is 4. The van der Waals surface area contributed by atoms with Crippen LogP contribution in [-0.2, 0) is 6.54 Å². The predicted octanol–water partition coefficient (Wildman–Crippen LogP) is 3.45. The Labute approximate surface area is 166 Å². The number of carbonyl (C=O) groups is 1. The van der Waals surface area contributed by atoms with Gasteiger partial charge in [-0.25, -0.2) is 0 Å². The summed E-state index contributed by atoms with van der Waals surface area (Å²) >= 11 is 0. The average Bonchev–Trinajstić information content (AvgIpc) is 3.03. The van der Waals surface area contributed by atoms with E-state index in [4.69, 9.17) is 0 Å². The molecule has 5 heteroatoms. The van der Waals surface area contributed by atoms with Crippen molar-refractivity contribution in [2.45, 2.75) is 20.4 Å². The van der Waals surface area contributed by atoms with E-state index in [2.05, 4.69) is 39.6 Å². The minimum atomic E-state index is 0.135. The molecular weight excluding hydrogens is 348 g/mol. The highest BCUT2D eigenvalue weighted by molar-refractivity contribution is 5.96. The second kappa shape index (κ2) is 7.98. The SMILES string of the molecule is Cc1cc(C(=O)N2CCN(Cc3cccnc3)CC2)c(C)n1-c1ccccc1. The van der Waals surface area contributed by atoms with Gasteiger partial charge in [-0.05, 0) is 43.7 Å². The van der Waals surface area contributed by atoms with E-state index < -0.39 is 0 Å². The number of amides is 1. The van der Waals surface area contributed by atoms with Gasteiger partial charge < -0.3 is 9.47 Å². The van der Waals surface area contributed by atoms with Crippen LogP contribution in [0.1, 0.15) is 27.3 Å². The fourth-order valence-electron chi connectivity index (χ4n) is 3.98. The molecule has 1 aliphatic rings. The molecule has 0 saturated carbocycles. The molecular formula is C23H26N4O. The third kappa shape index (κ3) is 3.71. The molecule has 4 rings (SSSR count). The quantitative estimate of drug-likeness (QED) is 0.702. The molecule has 28 heavy (non-hydrogen) atoms. The number of aryl methyl sites for hydroxylation is 1. The molecule has 1 amide bonds. The summed E-state index contributed by atoms with van der Waals surface area (Å²) in [6, 6.07) is 16.3. The number of hydrogen-bond donors (Lipinski definition) is 0. The second-order valence-electron chi connectivity index (χ2n) is 7.39. The Hall–Kier alpha value is -2.92. The smallest absolute Gasteiger partial charge is 0.255 e. The lowest BCUT2D eigenvalue weighted by Crippen LogP contribution is -2.48. The maximum absolute atomic E-state index is 13.2. The summed E-state index contributed by atoms with van der Waals surface area (Å²) in [6.45, 7) is 8.27. The van der Waals surface area contributed by atoms with Gasteiger partial charge in [0.15, 0.2) is 0 Å². The lowest BCUT2D eigenvalue weighted by molar-refractivity contribution is 0.0627. The van der Waals surface area contributed by atoms with Crippen molar-refractivity contribution in [1.29, 1.82) is 0 Å². The summed E-state index contributed by atoms with van der Waals surface area (Å²) in [6.07, 6.45) is 3.71. The first-order valence-corrected chi connectivity index (χ1v) is 9.78. The van der Waals surface area contributed by atoms with E-state index >= 15 is 0 Å². The molecule has 1 saturated heterocycles. The summed E-state index contributed by atoms with van der Waals surface area (Å²) < 4.78 is 2.16. The summed E-state index contributed by atoms with van der Waals surface area (Å²) in [5.41, 5.74) is 5.21. The maximum atomic E-state index is 13.2. The fraction of sp³-hybridized carbons (Fsp3) is 0.304. The van der Waals surface area contributed by atoms with E-state index in [0.29, 0.717) is 0 Å². The molecule has 2 aromatic heterocycles.